The standard InChI is InChI=1S/C13H17N3O/c1-4-17-11-7-5-6-10(8-11)12-9(2)15-13(14-3)16-12/h5-8H,4H2,1-3H3,(H2,14,15,16). The summed E-state index contributed by atoms with van der Waals surface area (Å²) in [7, 11) is 1.85. The van der Waals surface area contributed by atoms with E-state index >= 15 is 0 Å². The minimum absolute atomic E-state index is 0.671. The van der Waals surface area contributed by atoms with E-state index in [9.17, 15) is 0 Å². The lowest BCUT2D eigenvalue weighted by molar-refractivity contribution is 0.340. The van der Waals surface area contributed by atoms with Gasteiger partial charge in [-0.1, -0.05) is 12.1 Å². The lowest BCUT2D eigenvalue weighted by atomic mass is 10.1. The van der Waals surface area contributed by atoms with Gasteiger partial charge in [0.1, 0.15) is 5.75 Å². The molecule has 2 aromatic rings. The molecule has 1 aromatic heterocycles. The fourth-order valence-corrected chi connectivity index (χ4v) is 1.76. The number of H-pyrrole nitrogens is 1. The van der Waals surface area contributed by atoms with Crippen LogP contribution in [-0.4, -0.2) is 23.6 Å². The number of nitrogens with zero attached hydrogens (tertiary/aromatic N) is 1. The van der Waals surface area contributed by atoms with E-state index in [1.807, 2.05) is 45.2 Å². The van der Waals surface area contributed by atoms with Gasteiger partial charge in [-0.2, -0.15) is 0 Å². The van der Waals surface area contributed by atoms with E-state index in [0.29, 0.717) is 6.61 Å². The Hall–Kier alpha value is -1.97. The first-order valence-corrected chi connectivity index (χ1v) is 5.72. The number of aromatic nitrogens is 2. The van der Waals surface area contributed by atoms with E-state index in [2.05, 4.69) is 15.3 Å². The van der Waals surface area contributed by atoms with Gasteiger partial charge in [0.2, 0.25) is 5.95 Å². The highest BCUT2D eigenvalue weighted by molar-refractivity contribution is 5.65. The van der Waals surface area contributed by atoms with E-state index in [-0.39, 0.29) is 0 Å². The predicted octanol–water partition coefficient (Wildman–Crippen LogP) is 2.83. The van der Waals surface area contributed by atoms with Crippen LogP contribution >= 0.6 is 0 Å². The molecule has 0 atom stereocenters. The van der Waals surface area contributed by atoms with E-state index in [1.54, 1.807) is 0 Å². The van der Waals surface area contributed by atoms with E-state index in [1.165, 1.54) is 0 Å². The maximum atomic E-state index is 5.49. The number of benzene rings is 1. The number of hydrogen-bond acceptors (Lipinski definition) is 3. The van der Waals surface area contributed by atoms with Crippen molar-refractivity contribution in [1.29, 1.82) is 0 Å². The molecule has 0 aliphatic heterocycles. The molecule has 90 valence electrons. The van der Waals surface area contributed by atoms with Gasteiger partial charge in [0.25, 0.3) is 0 Å². The molecule has 0 spiro atoms. The Morgan fingerprint density at radius 1 is 1.41 bits per heavy atom. The summed E-state index contributed by atoms with van der Waals surface area (Å²) in [5, 5.41) is 3.00. The molecule has 1 heterocycles. The fraction of sp³-hybridized carbons (Fsp3) is 0.308. The topological polar surface area (TPSA) is 49.9 Å². The summed E-state index contributed by atoms with van der Waals surface area (Å²) in [6.07, 6.45) is 0. The molecule has 4 nitrogen and oxygen atoms in total. The summed E-state index contributed by atoms with van der Waals surface area (Å²) in [4.78, 5) is 7.66. The van der Waals surface area contributed by atoms with Crippen molar-refractivity contribution < 1.29 is 4.74 Å². The summed E-state index contributed by atoms with van der Waals surface area (Å²) in [6, 6.07) is 7.97. The van der Waals surface area contributed by atoms with E-state index in [4.69, 9.17) is 4.74 Å². The highest BCUT2D eigenvalue weighted by Gasteiger charge is 2.08. The van der Waals surface area contributed by atoms with Crippen molar-refractivity contribution in [2.45, 2.75) is 13.8 Å². The van der Waals surface area contributed by atoms with Crippen LogP contribution in [0.4, 0.5) is 5.95 Å². The van der Waals surface area contributed by atoms with Crippen LogP contribution in [-0.2, 0) is 0 Å². The molecule has 0 saturated carbocycles. The third-order valence-electron chi connectivity index (χ3n) is 2.54. The lowest BCUT2D eigenvalue weighted by Crippen LogP contribution is -1.92. The molecule has 0 fully saturated rings. The summed E-state index contributed by atoms with van der Waals surface area (Å²) >= 11 is 0. The molecular formula is C13H17N3O. The predicted molar refractivity (Wildman–Crippen MR) is 69.5 cm³/mol. The van der Waals surface area contributed by atoms with Gasteiger partial charge in [0, 0.05) is 18.3 Å². The highest BCUT2D eigenvalue weighted by Crippen LogP contribution is 2.26. The number of aryl methyl sites for hydroxylation is 1. The molecule has 17 heavy (non-hydrogen) atoms. The van der Waals surface area contributed by atoms with Gasteiger partial charge in [0.15, 0.2) is 0 Å². The Balaban J connectivity index is 2.37. The fourth-order valence-electron chi connectivity index (χ4n) is 1.76. The third-order valence-corrected chi connectivity index (χ3v) is 2.54. The van der Waals surface area contributed by atoms with Gasteiger partial charge in [-0.25, -0.2) is 4.98 Å². The van der Waals surface area contributed by atoms with E-state index < -0.39 is 0 Å². The Bertz CT molecular complexity index is 505. The summed E-state index contributed by atoms with van der Waals surface area (Å²) in [5.74, 6) is 1.65. The second kappa shape index (κ2) is 4.91. The number of ether oxygens (including phenoxy) is 1. The summed E-state index contributed by atoms with van der Waals surface area (Å²) in [6.45, 7) is 4.66. The molecule has 0 aliphatic rings. The molecule has 0 aliphatic carbocycles. The number of nitrogens with one attached hydrogen (secondary N) is 2. The Kier molecular flexibility index (Phi) is 3.32. The Morgan fingerprint density at radius 3 is 2.88 bits per heavy atom. The molecular weight excluding hydrogens is 214 g/mol. The molecule has 2 N–H and O–H groups in total. The van der Waals surface area contributed by atoms with Gasteiger partial charge >= 0.3 is 0 Å². The second-order valence-corrected chi connectivity index (χ2v) is 3.77. The largest absolute Gasteiger partial charge is 0.494 e. The number of anilines is 1. The van der Waals surface area contributed by atoms with Gasteiger partial charge in [0.05, 0.1) is 12.3 Å². The van der Waals surface area contributed by atoms with Crippen LogP contribution in [0.2, 0.25) is 0 Å². The van der Waals surface area contributed by atoms with Crippen molar-refractivity contribution >= 4 is 5.95 Å². The van der Waals surface area contributed by atoms with E-state index in [0.717, 1.165) is 28.6 Å². The zero-order valence-electron chi connectivity index (χ0n) is 10.4. The summed E-state index contributed by atoms with van der Waals surface area (Å²) < 4.78 is 5.49. The average molecular weight is 231 g/mol. The van der Waals surface area contributed by atoms with Gasteiger partial charge in [-0.05, 0) is 26.0 Å². The second-order valence-electron chi connectivity index (χ2n) is 3.77. The minimum atomic E-state index is 0.671. The summed E-state index contributed by atoms with van der Waals surface area (Å²) in [5.41, 5.74) is 3.06. The van der Waals surface area contributed by atoms with Gasteiger partial charge in [-0.3, -0.25) is 0 Å². The number of aromatic amines is 1. The SMILES string of the molecule is CCOc1cccc(-c2nc(NC)[nH]c2C)c1. The Morgan fingerprint density at radius 2 is 2.24 bits per heavy atom. The van der Waals surface area contributed by atoms with Crippen molar-refractivity contribution in [3.63, 3.8) is 0 Å². The molecule has 1 aromatic carbocycles. The normalized spacial score (nSPS) is 10.3. The Labute approximate surface area is 101 Å². The maximum absolute atomic E-state index is 5.49. The van der Waals surface area contributed by atoms with Crippen LogP contribution in [0.15, 0.2) is 24.3 Å². The number of hydrogen-bond donors (Lipinski definition) is 2. The maximum Gasteiger partial charge on any atom is 0.200 e. The number of imidazole rings is 1. The number of rotatable bonds is 4. The smallest absolute Gasteiger partial charge is 0.200 e. The molecule has 0 unspecified atom stereocenters. The van der Waals surface area contributed by atoms with Gasteiger partial charge < -0.3 is 15.0 Å². The van der Waals surface area contributed by atoms with Crippen molar-refractivity contribution in [3.05, 3.63) is 30.0 Å². The van der Waals surface area contributed by atoms with Crippen LogP contribution < -0.4 is 10.1 Å². The first-order chi connectivity index (χ1) is 8.24. The molecule has 0 saturated heterocycles. The lowest BCUT2D eigenvalue weighted by Gasteiger charge is -2.04. The first kappa shape index (κ1) is 11.5. The minimum Gasteiger partial charge on any atom is -0.494 e. The zero-order valence-corrected chi connectivity index (χ0v) is 10.4. The third kappa shape index (κ3) is 2.41. The van der Waals surface area contributed by atoms with Crippen LogP contribution in [0.5, 0.6) is 5.75 Å². The van der Waals surface area contributed by atoms with Crippen LogP contribution in [0.1, 0.15) is 12.6 Å². The van der Waals surface area contributed by atoms with Crippen LogP contribution in [0.3, 0.4) is 0 Å². The average Bonchev–Trinajstić information content (AvgIpc) is 2.71. The molecule has 0 amide bonds. The highest BCUT2D eigenvalue weighted by atomic mass is 16.5. The van der Waals surface area contributed by atoms with Crippen molar-refractivity contribution in [1.82, 2.24) is 9.97 Å². The zero-order chi connectivity index (χ0) is 12.3. The quantitative estimate of drug-likeness (QED) is 0.850. The first-order valence-electron chi connectivity index (χ1n) is 5.72. The monoisotopic (exact) mass is 231 g/mol. The molecule has 2 rings (SSSR count). The van der Waals surface area contributed by atoms with Crippen molar-refractivity contribution in [2.24, 2.45) is 0 Å². The molecule has 0 radical (unpaired) electrons. The molecule has 0 bridgehead atoms. The van der Waals surface area contributed by atoms with Gasteiger partial charge in [-0.15, -0.1) is 0 Å². The van der Waals surface area contributed by atoms with Crippen LogP contribution in [0, 0.1) is 6.92 Å². The van der Waals surface area contributed by atoms with Crippen molar-refractivity contribution in [2.75, 3.05) is 19.0 Å². The van der Waals surface area contributed by atoms with Crippen LogP contribution in [0.25, 0.3) is 11.3 Å². The molecule has 4 heteroatoms. The van der Waals surface area contributed by atoms with Crippen molar-refractivity contribution in [3.8, 4) is 17.0 Å².